The molecule has 88 valence electrons. The van der Waals surface area contributed by atoms with Crippen molar-refractivity contribution in [2.24, 2.45) is 0 Å². The lowest BCUT2D eigenvalue weighted by atomic mass is 10.3. The van der Waals surface area contributed by atoms with Crippen LogP contribution in [-0.2, 0) is 0 Å². The van der Waals surface area contributed by atoms with Crippen molar-refractivity contribution >= 4 is 39.0 Å². The topological polar surface area (TPSA) is 47.0 Å². The van der Waals surface area contributed by atoms with Crippen LogP contribution in [0.5, 0.6) is 5.75 Å². The molecule has 0 aliphatic rings. The first-order chi connectivity index (χ1) is 8.17. The molecule has 0 atom stereocenters. The Hall–Kier alpha value is -1.33. The normalized spacial score (nSPS) is 10.1. The van der Waals surface area contributed by atoms with Gasteiger partial charge in [-0.15, -0.1) is 0 Å². The van der Waals surface area contributed by atoms with Crippen LogP contribution in [0.25, 0.3) is 0 Å². The highest BCUT2D eigenvalue weighted by Gasteiger charge is 2.01. The van der Waals surface area contributed by atoms with Crippen LogP contribution in [0.2, 0.25) is 5.28 Å². The predicted octanol–water partition coefficient (Wildman–Crippen LogP) is 3.64. The van der Waals surface area contributed by atoms with E-state index in [1.807, 2.05) is 18.2 Å². The van der Waals surface area contributed by atoms with Gasteiger partial charge in [-0.05, 0) is 29.8 Å². The number of rotatable bonds is 3. The van der Waals surface area contributed by atoms with Gasteiger partial charge in [0.25, 0.3) is 0 Å². The van der Waals surface area contributed by atoms with E-state index < -0.39 is 0 Å². The molecule has 0 radical (unpaired) electrons. The molecule has 4 nitrogen and oxygen atoms in total. The molecule has 6 heteroatoms. The summed E-state index contributed by atoms with van der Waals surface area (Å²) in [4.78, 5) is 7.85. The molecular formula is C11H9BrClN3O. The minimum absolute atomic E-state index is 0.206. The average Bonchev–Trinajstić information content (AvgIpc) is 2.28. The number of hydrogen-bond acceptors (Lipinski definition) is 4. The van der Waals surface area contributed by atoms with E-state index in [0.29, 0.717) is 5.82 Å². The van der Waals surface area contributed by atoms with Gasteiger partial charge in [-0.3, -0.25) is 0 Å². The summed E-state index contributed by atoms with van der Waals surface area (Å²) in [6, 6.07) is 7.39. The number of methoxy groups -OCH3 is 1. The van der Waals surface area contributed by atoms with E-state index in [-0.39, 0.29) is 5.28 Å². The summed E-state index contributed by atoms with van der Waals surface area (Å²) < 4.78 is 6.08. The Morgan fingerprint density at radius 2 is 2.18 bits per heavy atom. The van der Waals surface area contributed by atoms with Gasteiger partial charge in [0.1, 0.15) is 11.6 Å². The molecule has 0 saturated carbocycles. The van der Waals surface area contributed by atoms with Crippen molar-refractivity contribution in [2.45, 2.75) is 0 Å². The number of nitrogens with zero attached hydrogens (tertiary/aromatic N) is 2. The number of benzene rings is 1. The second kappa shape index (κ2) is 5.33. The maximum Gasteiger partial charge on any atom is 0.224 e. The highest BCUT2D eigenvalue weighted by atomic mass is 79.9. The van der Waals surface area contributed by atoms with E-state index in [2.05, 4.69) is 31.2 Å². The zero-order valence-electron chi connectivity index (χ0n) is 8.95. The van der Waals surface area contributed by atoms with Gasteiger partial charge in [0.05, 0.1) is 7.11 Å². The fraction of sp³-hybridized carbons (Fsp3) is 0.0909. The van der Waals surface area contributed by atoms with Crippen LogP contribution in [0, 0.1) is 0 Å². The third kappa shape index (κ3) is 3.31. The van der Waals surface area contributed by atoms with Crippen molar-refractivity contribution in [3.05, 3.63) is 40.2 Å². The molecule has 2 aromatic rings. The maximum atomic E-state index is 5.70. The highest BCUT2D eigenvalue weighted by molar-refractivity contribution is 9.10. The lowest BCUT2D eigenvalue weighted by Gasteiger charge is -2.08. The third-order valence-electron chi connectivity index (χ3n) is 2.01. The molecule has 1 aromatic heterocycles. The first kappa shape index (κ1) is 12.1. The largest absolute Gasteiger partial charge is 0.497 e. The second-order valence-electron chi connectivity index (χ2n) is 3.22. The van der Waals surface area contributed by atoms with E-state index in [1.54, 1.807) is 19.4 Å². The molecule has 0 spiro atoms. The van der Waals surface area contributed by atoms with Crippen LogP contribution in [0.4, 0.5) is 11.5 Å². The van der Waals surface area contributed by atoms with Crippen molar-refractivity contribution < 1.29 is 4.74 Å². The maximum absolute atomic E-state index is 5.70. The lowest BCUT2D eigenvalue weighted by molar-refractivity contribution is 0.415. The summed E-state index contributed by atoms with van der Waals surface area (Å²) in [5.41, 5.74) is 0.853. The van der Waals surface area contributed by atoms with Gasteiger partial charge < -0.3 is 10.1 Å². The summed E-state index contributed by atoms with van der Waals surface area (Å²) in [7, 11) is 1.62. The Labute approximate surface area is 112 Å². The number of hydrogen-bond donors (Lipinski definition) is 1. The van der Waals surface area contributed by atoms with Crippen LogP contribution in [0.1, 0.15) is 0 Å². The Balaban J connectivity index is 2.26. The van der Waals surface area contributed by atoms with Crippen LogP contribution in [-0.4, -0.2) is 17.1 Å². The van der Waals surface area contributed by atoms with Gasteiger partial charge in [0.2, 0.25) is 5.28 Å². The molecule has 0 amide bonds. The average molecular weight is 315 g/mol. The van der Waals surface area contributed by atoms with Gasteiger partial charge in [-0.1, -0.05) is 15.9 Å². The molecule has 0 aliphatic carbocycles. The summed E-state index contributed by atoms with van der Waals surface area (Å²) >= 11 is 9.11. The van der Waals surface area contributed by atoms with Crippen LogP contribution >= 0.6 is 27.5 Å². The third-order valence-corrected chi connectivity index (χ3v) is 2.65. The Morgan fingerprint density at radius 1 is 1.35 bits per heavy atom. The van der Waals surface area contributed by atoms with Gasteiger partial charge >= 0.3 is 0 Å². The molecule has 1 N–H and O–H groups in total. The van der Waals surface area contributed by atoms with Gasteiger partial charge in [0.15, 0.2) is 0 Å². The van der Waals surface area contributed by atoms with Crippen LogP contribution in [0.3, 0.4) is 0 Å². The summed E-state index contributed by atoms with van der Waals surface area (Å²) in [6.07, 6.45) is 1.59. The number of ether oxygens (including phenoxy) is 1. The first-order valence-corrected chi connectivity index (χ1v) is 5.94. The molecule has 0 bridgehead atoms. The smallest absolute Gasteiger partial charge is 0.224 e. The standard InChI is InChI=1S/C11H9BrClN3O/c1-17-9-5-7(12)4-8(6-9)15-10-2-3-14-11(13)16-10/h2-6H,1H3,(H,14,15,16). The van der Waals surface area contributed by atoms with E-state index in [0.717, 1.165) is 15.9 Å². The monoisotopic (exact) mass is 313 g/mol. The minimum atomic E-state index is 0.206. The molecule has 2 rings (SSSR count). The quantitative estimate of drug-likeness (QED) is 0.879. The summed E-state index contributed by atoms with van der Waals surface area (Å²) in [6.45, 7) is 0. The van der Waals surface area contributed by atoms with Gasteiger partial charge in [-0.25, -0.2) is 9.97 Å². The van der Waals surface area contributed by atoms with Crippen molar-refractivity contribution in [3.63, 3.8) is 0 Å². The van der Waals surface area contributed by atoms with Crippen molar-refractivity contribution in [3.8, 4) is 5.75 Å². The molecule has 0 unspecified atom stereocenters. The van der Waals surface area contributed by atoms with Crippen LogP contribution < -0.4 is 10.1 Å². The van der Waals surface area contributed by atoms with E-state index in [9.17, 15) is 0 Å². The SMILES string of the molecule is COc1cc(Br)cc(Nc2ccnc(Cl)n2)c1. The minimum Gasteiger partial charge on any atom is -0.497 e. The van der Waals surface area contributed by atoms with Crippen molar-refractivity contribution in [1.29, 1.82) is 0 Å². The number of aromatic nitrogens is 2. The lowest BCUT2D eigenvalue weighted by Crippen LogP contribution is -1.95. The Kier molecular flexibility index (Phi) is 3.81. The molecule has 0 saturated heterocycles. The summed E-state index contributed by atoms with van der Waals surface area (Å²) in [5, 5.41) is 3.32. The van der Waals surface area contributed by atoms with Crippen molar-refractivity contribution in [1.82, 2.24) is 9.97 Å². The molecular weight excluding hydrogens is 305 g/mol. The molecule has 0 fully saturated rings. The molecule has 0 aliphatic heterocycles. The number of nitrogens with one attached hydrogen (secondary N) is 1. The number of halogens is 2. The van der Waals surface area contributed by atoms with E-state index >= 15 is 0 Å². The number of anilines is 2. The Bertz CT molecular complexity index is 536. The van der Waals surface area contributed by atoms with E-state index in [4.69, 9.17) is 16.3 Å². The fourth-order valence-electron chi connectivity index (χ4n) is 1.31. The zero-order valence-corrected chi connectivity index (χ0v) is 11.3. The van der Waals surface area contributed by atoms with Gasteiger partial charge in [0, 0.05) is 22.4 Å². The zero-order chi connectivity index (χ0) is 12.3. The second-order valence-corrected chi connectivity index (χ2v) is 4.47. The highest BCUT2D eigenvalue weighted by Crippen LogP contribution is 2.26. The Morgan fingerprint density at radius 3 is 2.88 bits per heavy atom. The molecule has 1 heterocycles. The summed E-state index contributed by atoms with van der Waals surface area (Å²) in [5.74, 6) is 1.38. The van der Waals surface area contributed by atoms with E-state index in [1.165, 1.54) is 0 Å². The molecule has 17 heavy (non-hydrogen) atoms. The first-order valence-electron chi connectivity index (χ1n) is 4.77. The fourth-order valence-corrected chi connectivity index (χ4v) is 1.92. The van der Waals surface area contributed by atoms with Crippen LogP contribution in [0.15, 0.2) is 34.9 Å². The molecule has 1 aromatic carbocycles. The predicted molar refractivity (Wildman–Crippen MR) is 71.0 cm³/mol. The van der Waals surface area contributed by atoms with Gasteiger partial charge in [-0.2, -0.15) is 0 Å². The van der Waals surface area contributed by atoms with Crippen molar-refractivity contribution in [2.75, 3.05) is 12.4 Å².